The zero-order valence-electron chi connectivity index (χ0n) is 15.3. The predicted octanol–water partition coefficient (Wildman–Crippen LogP) is 4.44. The fourth-order valence-electron chi connectivity index (χ4n) is 3.31. The van der Waals surface area contributed by atoms with Crippen LogP contribution in [0.5, 0.6) is 5.75 Å². The van der Waals surface area contributed by atoms with E-state index in [1.165, 1.54) is 6.07 Å². The van der Waals surface area contributed by atoms with Crippen molar-refractivity contribution in [3.8, 4) is 5.75 Å². The molecule has 0 saturated carbocycles. The number of carbonyl (C=O) groups is 1. The highest BCUT2D eigenvalue weighted by molar-refractivity contribution is 5.69. The van der Waals surface area contributed by atoms with Crippen molar-refractivity contribution in [2.45, 2.75) is 51.8 Å². The molecule has 1 atom stereocenters. The second-order valence-electron chi connectivity index (χ2n) is 7.72. The van der Waals surface area contributed by atoms with Gasteiger partial charge in [-0.25, -0.2) is 9.18 Å². The van der Waals surface area contributed by atoms with Crippen LogP contribution < -0.4 is 0 Å². The Bertz CT molecular complexity index is 799. The summed E-state index contributed by atoms with van der Waals surface area (Å²) in [6.45, 7) is 5.68. The first-order valence-corrected chi connectivity index (χ1v) is 8.77. The molecule has 1 N–H and O–H groups in total. The largest absolute Gasteiger partial charge is 0.508 e. The van der Waals surface area contributed by atoms with E-state index in [1.807, 2.05) is 51.1 Å². The van der Waals surface area contributed by atoms with Crippen LogP contribution in [0.3, 0.4) is 0 Å². The highest BCUT2D eigenvalue weighted by atomic mass is 19.1. The van der Waals surface area contributed by atoms with E-state index in [9.17, 15) is 14.3 Å². The van der Waals surface area contributed by atoms with Gasteiger partial charge in [-0.2, -0.15) is 0 Å². The summed E-state index contributed by atoms with van der Waals surface area (Å²) in [5, 5.41) is 9.71. The van der Waals surface area contributed by atoms with Gasteiger partial charge in [0.2, 0.25) is 0 Å². The number of aromatic hydroxyl groups is 1. The number of halogens is 1. The van der Waals surface area contributed by atoms with E-state index < -0.39 is 17.5 Å². The molecule has 2 aromatic rings. The van der Waals surface area contributed by atoms with Gasteiger partial charge >= 0.3 is 6.09 Å². The van der Waals surface area contributed by atoms with Crippen LogP contribution in [0.2, 0.25) is 0 Å². The van der Waals surface area contributed by atoms with Crippen LogP contribution >= 0.6 is 0 Å². The third-order valence-corrected chi connectivity index (χ3v) is 4.44. The molecule has 26 heavy (non-hydrogen) atoms. The molecule has 5 heteroatoms. The smallest absolute Gasteiger partial charge is 0.410 e. The van der Waals surface area contributed by atoms with Gasteiger partial charge in [-0.05, 0) is 56.4 Å². The summed E-state index contributed by atoms with van der Waals surface area (Å²) in [7, 11) is 0. The maximum absolute atomic E-state index is 14.3. The average molecular weight is 357 g/mol. The van der Waals surface area contributed by atoms with Gasteiger partial charge in [0, 0.05) is 18.7 Å². The zero-order chi connectivity index (χ0) is 18.9. The Labute approximate surface area is 153 Å². The standard InChI is InChI=1S/C21H24FNO3/c1-21(2,3)26-20(25)23-13-15-10-17(24)12-19(22)18(15)11-16(23)9-14-7-5-4-6-8-14/h4-8,10,12,16,24H,9,11,13H2,1-3H3. The SMILES string of the molecule is CC(C)(C)OC(=O)N1Cc2cc(O)cc(F)c2CC1Cc1ccccc1. The number of benzene rings is 2. The fourth-order valence-corrected chi connectivity index (χ4v) is 3.31. The molecule has 1 unspecified atom stereocenters. The number of amides is 1. The van der Waals surface area contributed by atoms with Gasteiger partial charge in [0.15, 0.2) is 0 Å². The van der Waals surface area contributed by atoms with Crippen molar-refractivity contribution >= 4 is 6.09 Å². The summed E-state index contributed by atoms with van der Waals surface area (Å²) in [6, 6.07) is 12.3. The lowest BCUT2D eigenvalue weighted by Gasteiger charge is -2.38. The van der Waals surface area contributed by atoms with Crippen molar-refractivity contribution in [3.05, 3.63) is 65.0 Å². The molecule has 0 saturated heterocycles. The lowest BCUT2D eigenvalue weighted by Crippen LogP contribution is -2.47. The van der Waals surface area contributed by atoms with E-state index in [0.29, 0.717) is 24.0 Å². The summed E-state index contributed by atoms with van der Waals surface area (Å²) < 4.78 is 19.9. The first-order chi connectivity index (χ1) is 12.2. The minimum absolute atomic E-state index is 0.133. The van der Waals surface area contributed by atoms with Crippen molar-refractivity contribution in [2.24, 2.45) is 0 Å². The lowest BCUT2D eigenvalue weighted by atomic mass is 9.90. The number of phenols is 1. The molecule has 2 aromatic carbocycles. The van der Waals surface area contributed by atoms with E-state index in [1.54, 1.807) is 4.90 Å². The first kappa shape index (κ1) is 18.2. The topological polar surface area (TPSA) is 49.8 Å². The summed E-state index contributed by atoms with van der Waals surface area (Å²) in [5.74, 6) is -0.561. The number of hydrogen-bond donors (Lipinski definition) is 1. The van der Waals surface area contributed by atoms with Crippen LogP contribution in [0.4, 0.5) is 9.18 Å². The Morgan fingerprint density at radius 3 is 2.62 bits per heavy atom. The quantitative estimate of drug-likeness (QED) is 0.865. The monoisotopic (exact) mass is 357 g/mol. The van der Waals surface area contributed by atoms with Crippen molar-refractivity contribution in [1.82, 2.24) is 4.90 Å². The number of nitrogens with zero attached hydrogens (tertiary/aromatic N) is 1. The van der Waals surface area contributed by atoms with Gasteiger partial charge in [0.1, 0.15) is 17.2 Å². The molecule has 4 nitrogen and oxygen atoms in total. The molecule has 0 radical (unpaired) electrons. The molecule has 1 heterocycles. The summed E-state index contributed by atoms with van der Waals surface area (Å²) in [4.78, 5) is 14.4. The lowest BCUT2D eigenvalue weighted by molar-refractivity contribution is 0.0117. The Kier molecular flexibility index (Phi) is 4.90. The van der Waals surface area contributed by atoms with Crippen LogP contribution in [0.15, 0.2) is 42.5 Å². The maximum Gasteiger partial charge on any atom is 0.410 e. The first-order valence-electron chi connectivity index (χ1n) is 8.77. The predicted molar refractivity (Wildman–Crippen MR) is 97.5 cm³/mol. The summed E-state index contributed by atoms with van der Waals surface area (Å²) >= 11 is 0. The number of hydrogen-bond acceptors (Lipinski definition) is 3. The van der Waals surface area contributed by atoms with Gasteiger partial charge < -0.3 is 14.7 Å². The molecule has 1 aliphatic heterocycles. The Morgan fingerprint density at radius 2 is 1.96 bits per heavy atom. The Hall–Kier alpha value is -2.56. The highest BCUT2D eigenvalue weighted by Gasteiger charge is 2.34. The average Bonchev–Trinajstić information content (AvgIpc) is 2.54. The van der Waals surface area contributed by atoms with Crippen molar-refractivity contribution in [2.75, 3.05) is 0 Å². The Balaban J connectivity index is 1.93. The van der Waals surface area contributed by atoms with E-state index in [2.05, 4.69) is 0 Å². The number of phenolic OH excluding ortho intramolecular Hbond substituents is 1. The van der Waals surface area contributed by atoms with Gasteiger partial charge in [0.05, 0.1) is 0 Å². The molecule has 0 aromatic heterocycles. The van der Waals surface area contributed by atoms with Gasteiger partial charge in [-0.15, -0.1) is 0 Å². The summed E-state index contributed by atoms with van der Waals surface area (Å²) in [5.41, 5.74) is 1.65. The second kappa shape index (κ2) is 6.98. The normalized spacial score (nSPS) is 16.9. The van der Waals surface area contributed by atoms with E-state index in [4.69, 9.17) is 4.74 Å². The van der Waals surface area contributed by atoms with Crippen LogP contribution in [0.1, 0.15) is 37.5 Å². The highest BCUT2D eigenvalue weighted by Crippen LogP contribution is 2.31. The fraction of sp³-hybridized carbons (Fsp3) is 0.381. The van der Waals surface area contributed by atoms with Crippen molar-refractivity contribution in [1.29, 1.82) is 0 Å². The molecule has 1 amide bonds. The molecule has 3 rings (SSSR count). The van der Waals surface area contributed by atoms with Gasteiger partial charge in [-0.1, -0.05) is 30.3 Å². The minimum Gasteiger partial charge on any atom is -0.508 e. The van der Waals surface area contributed by atoms with Crippen LogP contribution in [0, 0.1) is 5.82 Å². The third-order valence-electron chi connectivity index (χ3n) is 4.44. The van der Waals surface area contributed by atoms with E-state index in [0.717, 1.165) is 11.6 Å². The van der Waals surface area contributed by atoms with Gasteiger partial charge in [-0.3, -0.25) is 0 Å². The van der Waals surface area contributed by atoms with Crippen LogP contribution in [0.25, 0.3) is 0 Å². The summed E-state index contributed by atoms with van der Waals surface area (Å²) in [6.07, 6.45) is 0.572. The molecular formula is C21H24FNO3. The molecule has 0 aliphatic carbocycles. The number of ether oxygens (including phenoxy) is 1. The minimum atomic E-state index is -0.612. The van der Waals surface area contributed by atoms with Crippen molar-refractivity contribution < 1.29 is 19.0 Å². The molecule has 0 spiro atoms. The Morgan fingerprint density at radius 1 is 1.27 bits per heavy atom. The zero-order valence-corrected chi connectivity index (χ0v) is 15.3. The van der Waals surface area contributed by atoms with E-state index in [-0.39, 0.29) is 18.3 Å². The maximum atomic E-state index is 14.3. The third kappa shape index (κ3) is 4.15. The van der Waals surface area contributed by atoms with Gasteiger partial charge in [0.25, 0.3) is 0 Å². The number of rotatable bonds is 2. The molecular weight excluding hydrogens is 333 g/mol. The number of carbonyl (C=O) groups excluding carboxylic acids is 1. The molecule has 0 fully saturated rings. The van der Waals surface area contributed by atoms with E-state index >= 15 is 0 Å². The molecule has 1 aliphatic rings. The van der Waals surface area contributed by atoms with Crippen LogP contribution in [-0.2, 0) is 24.1 Å². The van der Waals surface area contributed by atoms with Crippen LogP contribution in [-0.4, -0.2) is 27.7 Å². The van der Waals surface area contributed by atoms with Crippen molar-refractivity contribution in [3.63, 3.8) is 0 Å². The molecule has 138 valence electrons. The molecule has 0 bridgehead atoms. The number of fused-ring (bicyclic) bond motifs is 1. The second-order valence-corrected chi connectivity index (χ2v) is 7.72.